The van der Waals surface area contributed by atoms with Crippen LogP contribution in [0.15, 0.2) is 60.9 Å². The molecule has 150 valence electrons. The van der Waals surface area contributed by atoms with Gasteiger partial charge >= 0.3 is 0 Å². The Balaban J connectivity index is 1.78. The maximum atomic E-state index is 12.9. The Morgan fingerprint density at radius 3 is 2.33 bits per heavy atom. The number of hydrogen-bond donors (Lipinski definition) is 4. The first-order chi connectivity index (χ1) is 14.6. The van der Waals surface area contributed by atoms with Gasteiger partial charge in [-0.05, 0) is 12.1 Å². The number of rotatable bonds is 5. The van der Waals surface area contributed by atoms with Crippen molar-refractivity contribution in [1.82, 2.24) is 14.9 Å². The van der Waals surface area contributed by atoms with Gasteiger partial charge in [0, 0.05) is 45.3 Å². The summed E-state index contributed by atoms with van der Waals surface area (Å²) < 4.78 is 1.79. The molecular formula is C23H19N3O4. The predicted octanol–water partition coefficient (Wildman–Crippen LogP) is 2.04. The number of nitrogens with zero attached hydrogens (tertiary/aromatic N) is 1. The number of para-hydroxylation sites is 2. The van der Waals surface area contributed by atoms with Crippen molar-refractivity contribution >= 4 is 44.8 Å². The second-order valence-corrected chi connectivity index (χ2v) is 7.33. The molecular weight excluding hydrogens is 382 g/mol. The van der Waals surface area contributed by atoms with Gasteiger partial charge < -0.3 is 19.8 Å². The number of fused-ring (bicyclic) bond motifs is 2. The monoisotopic (exact) mass is 401 g/mol. The zero-order valence-corrected chi connectivity index (χ0v) is 15.9. The zero-order valence-electron chi connectivity index (χ0n) is 15.9. The average molecular weight is 401 g/mol. The Morgan fingerprint density at radius 1 is 0.900 bits per heavy atom. The second kappa shape index (κ2) is 6.98. The topological polar surface area (TPSA) is 107 Å². The van der Waals surface area contributed by atoms with E-state index in [0.717, 1.165) is 21.8 Å². The zero-order chi connectivity index (χ0) is 20.8. The van der Waals surface area contributed by atoms with Crippen molar-refractivity contribution in [3.8, 4) is 0 Å². The van der Waals surface area contributed by atoms with Crippen LogP contribution in [-0.2, 0) is 16.1 Å². The molecule has 2 aromatic carbocycles. The third kappa shape index (κ3) is 2.75. The maximum Gasteiger partial charge on any atom is 0.259 e. The van der Waals surface area contributed by atoms with E-state index < -0.39 is 17.9 Å². The van der Waals surface area contributed by atoms with Crippen LogP contribution in [0.3, 0.4) is 0 Å². The largest absolute Gasteiger partial charge is 0.394 e. The molecule has 3 heterocycles. The highest BCUT2D eigenvalue weighted by atomic mass is 16.3. The molecule has 7 nitrogen and oxygen atoms in total. The van der Waals surface area contributed by atoms with Gasteiger partial charge in [0.1, 0.15) is 0 Å². The van der Waals surface area contributed by atoms with Crippen LogP contribution in [0, 0.1) is 0 Å². The Kier molecular flexibility index (Phi) is 4.27. The highest BCUT2D eigenvalue weighted by Crippen LogP contribution is 2.38. The van der Waals surface area contributed by atoms with Crippen LogP contribution in [0.5, 0.6) is 0 Å². The molecule has 4 N–H and O–H groups in total. The molecule has 30 heavy (non-hydrogen) atoms. The number of imide groups is 1. The van der Waals surface area contributed by atoms with E-state index >= 15 is 0 Å². The predicted molar refractivity (Wildman–Crippen MR) is 113 cm³/mol. The summed E-state index contributed by atoms with van der Waals surface area (Å²) >= 11 is 0. The molecule has 0 aliphatic carbocycles. The number of aliphatic hydroxyl groups is 2. The first kappa shape index (κ1) is 18.4. The molecule has 1 unspecified atom stereocenters. The number of nitrogens with one attached hydrogen (secondary N) is 2. The van der Waals surface area contributed by atoms with Crippen molar-refractivity contribution in [3.05, 3.63) is 72.1 Å². The summed E-state index contributed by atoms with van der Waals surface area (Å²) in [7, 11) is 0. The van der Waals surface area contributed by atoms with E-state index in [1.54, 1.807) is 17.0 Å². The van der Waals surface area contributed by atoms with Crippen LogP contribution in [0.4, 0.5) is 0 Å². The fraction of sp³-hybridized carbons (Fsp3) is 0.130. The lowest BCUT2D eigenvalue weighted by atomic mass is 9.95. The number of carbonyl (C=O) groups is 2. The van der Waals surface area contributed by atoms with Gasteiger partial charge in [0.25, 0.3) is 11.8 Å². The van der Waals surface area contributed by atoms with E-state index in [1.807, 2.05) is 48.5 Å². The third-order valence-corrected chi connectivity index (χ3v) is 5.47. The number of benzene rings is 2. The SMILES string of the molecule is O=C1NC(=O)C(c2cn(CC(O)CO)c3ccccc23)=C1c1c[nH]c2ccccc12. The lowest BCUT2D eigenvalue weighted by Crippen LogP contribution is -2.22. The van der Waals surface area contributed by atoms with Crippen LogP contribution >= 0.6 is 0 Å². The minimum Gasteiger partial charge on any atom is -0.394 e. The first-order valence-electron chi connectivity index (χ1n) is 9.62. The molecule has 0 saturated heterocycles. The maximum absolute atomic E-state index is 12.9. The van der Waals surface area contributed by atoms with Gasteiger partial charge in [-0.2, -0.15) is 0 Å². The Labute approximate surface area is 171 Å². The van der Waals surface area contributed by atoms with E-state index in [2.05, 4.69) is 10.3 Å². The lowest BCUT2D eigenvalue weighted by molar-refractivity contribution is -0.122. The quantitative estimate of drug-likeness (QED) is 0.384. The van der Waals surface area contributed by atoms with Crippen LogP contribution in [-0.4, -0.2) is 44.3 Å². The van der Waals surface area contributed by atoms with E-state index in [9.17, 15) is 19.8 Å². The van der Waals surface area contributed by atoms with Gasteiger partial charge in [-0.15, -0.1) is 0 Å². The minimum absolute atomic E-state index is 0.169. The average Bonchev–Trinajstić information content (AvgIpc) is 3.41. The minimum atomic E-state index is -0.935. The Morgan fingerprint density at radius 2 is 1.57 bits per heavy atom. The van der Waals surface area contributed by atoms with E-state index in [0.29, 0.717) is 22.3 Å². The van der Waals surface area contributed by atoms with E-state index in [1.165, 1.54) is 0 Å². The standard InChI is InChI=1S/C23H19N3O4/c27-12-13(28)10-26-11-17(15-6-2-4-8-19(15)26)21-20(22(29)25-23(21)30)16-9-24-18-7-3-1-5-14(16)18/h1-9,11,13,24,27-28H,10,12H2,(H,25,29,30). The molecule has 4 aromatic rings. The van der Waals surface area contributed by atoms with E-state index in [-0.39, 0.29) is 13.2 Å². The summed E-state index contributed by atoms with van der Waals surface area (Å²) in [5, 5.41) is 23.3. The smallest absolute Gasteiger partial charge is 0.259 e. The number of hydrogen-bond acceptors (Lipinski definition) is 4. The van der Waals surface area contributed by atoms with Crippen molar-refractivity contribution in [2.45, 2.75) is 12.6 Å². The van der Waals surface area contributed by atoms with Crippen LogP contribution in [0.2, 0.25) is 0 Å². The van der Waals surface area contributed by atoms with E-state index in [4.69, 9.17) is 0 Å². The van der Waals surface area contributed by atoms with Crippen LogP contribution in [0.1, 0.15) is 11.1 Å². The fourth-order valence-electron chi connectivity index (χ4n) is 4.13. The van der Waals surface area contributed by atoms with Gasteiger partial charge in [0.05, 0.1) is 30.4 Å². The molecule has 2 amide bonds. The third-order valence-electron chi connectivity index (χ3n) is 5.47. The Hall–Kier alpha value is -3.68. The summed E-state index contributed by atoms with van der Waals surface area (Å²) in [5.74, 6) is -0.891. The number of amides is 2. The fourth-order valence-corrected chi connectivity index (χ4v) is 4.13. The van der Waals surface area contributed by atoms with Crippen molar-refractivity contribution < 1.29 is 19.8 Å². The molecule has 0 radical (unpaired) electrons. The highest BCUT2D eigenvalue weighted by Gasteiger charge is 2.35. The van der Waals surface area contributed by atoms with Gasteiger partial charge in [-0.1, -0.05) is 36.4 Å². The molecule has 0 bridgehead atoms. The number of aromatic amines is 1. The molecule has 0 saturated carbocycles. The summed E-state index contributed by atoms with van der Waals surface area (Å²) in [6.07, 6.45) is 2.56. The molecule has 7 heteroatoms. The summed E-state index contributed by atoms with van der Waals surface area (Å²) in [4.78, 5) is 28.8. The van der Waals surface area contributed by atoms with Crippen molar-refractivity contribution in [3.63, 3.8) is 0 Å². The molecule has 0 spiro atoms. The van der Waals surface area contributed by atoms with Gasteiger partial charge in [-0.25, -0.2) is 0 Å². The normalized spacial score (nSPS) is 15.4. The van der Waals surface area contributed by atoms with Crippen LogP contribution < -0.4 is 5.32 Å². The number of carbonyl (C=O) groups excluding carboxylic acids is 2. The Bertz CT molecular complexity index is 1350. The lowest BCUT2D eigenvalue weighted by Gasteiger charge is -2.09. The molecule has 1 aliphatic heterocycles. The molecule has 5 rings (SSSR count). The van der Waals surface area contributed by atoms with Gasteiger partial charge in [-0.3, -0.25) is 14.9 Å². The van der Waals surface area contributed by atoms with Gasteiger partial charge in [0.15, 0.2) is 0 Å². The molecule has 1 aliphatic rings. The number of aromatic nitrogens is 2. The second-order valence-electron chi connectivity index (χ2n) is 7.33. The number of H-pyrrole nitrogens is 1. The molecule has 1 atom stereocenters. The van der Waals surface area contributed by atoms with Crippen LogP contribution in [0.25, 0.3) is 33.0 Å². The summed E-state index contributed by atoms with van der Waals surface area (Å²) in [6.45, 7) is -0.202. The van der Waals surface area contributed by atoms with Crippen molar-refractivity contribution in [2.75, 3.05) is 6.61 Å². The summed E-state index contributed by atoms with van der Waals surface area (Å²) in [6, 6.07) is 15.1. The van der Waals surface area contributed by atoms with Gasteiger partial charge in [0.2, 0.25) is 0 Å². The number of aliphatic hydroxyl groups excluding tert-OH is 2. The first-order valence-corrected chi connectivity index (χ1v) is 9.62. The summed E-state index contributed by atoms with van der Waals surface area (Å²) in [5.41, 5.74) is 3.58. The van der Waals surface area contributed by atoms with Crippen molar-refractivity contribution in [1.29, 1.82) is 0 Å². The molecule has 2 aromatic heterocycles. The van der Waals surface area contributed by atoms with Crippen molar-refractivity contribution in [2.24, 2.45) is 0 Å². The molecule has 0 fully saturated rings. The highest BCUT2D eigenvalue weighted by molar-refractivity contribution is 6.50.